The van der Waals surface area contributed by atoms with Gasteiger partial charge in [0.2, 0.25) is 0 Å². The van der Waals surface area contributed by atoms with Gasteiger partial charge < -0.3 is 15.0 Å². The summed E-state index contributed by atoms with van der Waals surface area (Å²) in [5.74, 6) is -1.21. The van der Waals surface area contributed by atoms with Crippen LogP contribution in [0.3, 0.4) is 0 Å². The Morgan fingerprint density at radius 3 is 2.48 bits per heavy atom. The molecule has 0 saturated heterocycles. The van der Waals surface area contributed by atoms with Gasteiger partial charge in [0.1, 0.15) is 0 Å². The van der Waals surface area contributed by atoms with Gasteiger partial charge in [-0.1, -0.05) is 30.3 Å². The number of anilines is 1. The molecule has 0 bridgehead atoms. The number of hydrogen-bond donors (Lipinski definition) is 1. The number of esters is 1. The number of rotatable bonds is 9. The maximum atomic E-state index is 12.4. The van der Waals surface area contributed by atoms with Gasteiger partial charge in [-0.25, -0.2) is 4.79 Å². The Labute approximate surface area is 169 Å². The molecule has 0 aliphatic carbocycles. The van der Waals surface area contributed by atoms with E-state index < -0.39 is 23.4 Å². The van der Waals surface area contributed by atoms with Crippen LogP contribution in [0.5, 0.6) is 0 Å². The van der Waals surface area contributed by atoms with Gasteiger partial charge in [-0.05, 0) is 31.4 Å². The number of benzene rings is 2. The molecule has 0 aromatic heterocycles. The Bertz CT molecular complexity index is 868. The number of ether oxygens (including phenoxy) is 1. The Kier molecular flexibility index (Phi) is 7.70. The van der Waals surface area contributed by atoms with Crippen molar-refractivity contribution in [1.82, 2.24) is 5.32 Å². The van der Waals surface area contributed by atoms with E-state index in [-0.39, 0.29) is 17.3 Å². The Balaban J connectivity index is 1.90. The lowest BCUT2D eigenvalue weighted by atomic mass is 10.1. The van der Waals surface area contributed by atoms with Crippen LogP contribution in [0.1, 0.15) is 29.3 Å². The summed E-state index contributed by atoms with van der Waals surface area (Å²) in [4.78, 5) is 36.5. The normalized spacial score (nSPS) is 11.4. The van der Waals surface area contributed by atoms with Crippen LogP contribution < -0.4 is 10.2 Å². The van der Waals surface area contributed by atoms with Gasteiger partial charge in [0, 0.05) is 32.3 Å². The third kappa shape index (κ3) is 6.60. The number of carbonyl (C=O) groups excluding carboxylic acids is 2. The minimum Gasteiger partial charge on any atom is -0.452 e. The van der Waals surface area contributed by atoms with Crippen LogP contribution in [0.4, 0.5) is 11.4 Å². The molecule has 0 saturated carbocycles. The van der Waals surface area contributed by atoms with Crippen molar-refractivity contribution in [3.63, 3.8) is 0 Å². The van der Waals surface area contributed by atoms with Crippen LogP contribution in [0, 0.1) is 10.1 Å². The highest BCUT2D eigenvalue weighted by Crippen LogP contribution is 2.24. The molecular formula is C21H25N3O5. The summed E-state index contributed by atoms with van der Waals surface area (Å²) >= 11 is 0. The molecule has 0 spiro atoms. The third-order valence-corrected chi connectivity index (χ3v) is 4.34. The third-order valence-electron chi connectivity index (χ3n) is 4.34. The van der Waals surface area contributed by atoms with Crippen molar-refractivity contribution in [2.45, 2.75) is 25.8 Å². The topological polar surface area (TPSA) is 102 Å². The van der Waals surface area contributed by atoms with Gasteiger partial charge >= 0.3 is 5.97 Å². The molecule has 0 aliphatic rings. The highest BCUT2D eigenvalue weighted by atomic mass is 16.6. The zero-order valence-electron chi connectivity index (χ0n) is 16.8. The molecule has 0 aliphatic heterocycles. The molecule has 1 atom stereocenters. The lowest BCUT2D eigenvalue weighted by Crippen LogP contribution is -2.36. The number of non-ortho nitro benzene ring substituents is 1. The summed E-state index contributed by atoms with van der Waals surface area (Å²) in [6.07, 6.45) is 1.57. The predicted molar refractivity (Wildman–Crippen MR) is 110 cm³/mol. The summed E-state index contributed by atoms with van der Waals surface area (Å²) in [7, 11) is 3.41. The highest BCUT2D eigenvalue weighted by Gasteiger charge is 2.20. The molecule has 0 radical (unpaired) electrons. The highest BCUT2D eigenvalue weighted by molar-refractivity contribution is 5.97. The van der Waals surface area contributed by atoms with Gasteiger partial charge in [0.25, 0.3) is 11.6 Å². The quantitative estimate of drug-likeness (QED) is 0.395. The molecule has 1 N–H and O–H groups in total. The number of amides is 1. The van der Waals surface area contributed by atoms with E-state index in [1.807, 2.05) is 37.3 Å². The first-order valence-corrected chi connectivity index (χ1v) is 9.24. The number of hydrogen-bond acceptors (Lipinski definition) is 6. The Morgan fingerprint density at radius 2 is 1.86 bits per heavy atom. The van der Waals surface area contributed by atoms with Crippen molar-refractivity contribution in [3.05, 3.63) is 69.8 Å². The smallest absolute Gasteiger partial charge is 0.341 e. The minimum absolute atomic E-state index is 0.0362. The standard InChI is InChI=1S/C21H25N3O5/c1-15(9-10-16-7-5-4-6-8-16)22-20(25)14-29-21(26)18-13-17(24(27)28)11-12-19(18)23(2)3/h4-8,11-13,15H,9-10,14H2,1-3H3,(H,22,25)/t15-/m0/s1. The Hall–Kier alpha value is -3.42. The largest absolute Gasteiger partial charge is 0.452 e. The van der Waals surface area contributed by atoms with E-state index in [4.69, 9.17) is 4.74 Å². The van der Waals surface area contributed by atoms with Crippen molar-refractivity contribution in [3.8, 4) is 0 Å². The molecule has 0 heterocycles. The van der Waals surface area contributed by atoms with Crippen LogP contribution in [-0.4, -0.2) is 43.5 Å². The fourth-order valence-electron chi connectivity index (χ4n) is 2.82. The van der Waals surface area contributed by atoms with Crippen molar-refractivity contribution in [1.29, 1.82) is 0 Å². The van der Waals surface area contributed by atoms with Crippen molar-refractivity contribution in [2.75, 3.05) is 25.6 Å². The number of nitro groups is 1. The molecule has 0 unspecified atom stereocenters. The summed E-state index contributed by atoms with van der Waals surface area (Å²) in [6, 6.07) is 13.8. The molecule has 8 heteroatoms. The maximum Gasteiger partial charge on any atom is 0.341 e. The molecule has 154 valence electrons. The summed E-state index contributed by atoms with van der Waals surface area (Å²) in [5, 5.41) is 13.8. The van der Waals surface area contributed by atoms with Crippen LogP contribution in [0.2, 0.25) is 0 Å². The molecule has 8 nitrogen and oxygen atoms in total. The van der Waals surface area contributed by atoms with Gasteiger partial charge in [-0.15, -0.1) is 0 Å². The molecule has 29 heavy (non-hydrogen) atoms. The van der Waals surface area contributed by atoms with Crippen molar-refractivity contribution >= 4 is 23.3 Å². The van der Waals surface area contributed by atoms with E-state index in [0.717, 1.165) is 18.9 Å². The zero-order valence-corrected chi connectivity index (χ0v) is 16.8. The SMILES string of the molecule is C[C@@H](CCc1ccccc1)NC(=O)COC(=O)c1cc([N+](=O)[O-])ccc1N(C)C. The van der Waals surface area contributed by atoms with Gasteiger partial charge in [0.15, 0.2) is 6.61 Å². The lowest BCUT2D eigenvalue weighted by Gasteiger charge is -2.17. The first-order chi connectivity index (χ1) is 13.8. The van der Waals surface area contributed by atoms with E-state index in [1.54, 1.807) is 19.0 Å². The number of nitrogens with zero attached hydrogens (tertiary/aromatic N) is 2. The molecule has 2 aromatic rings. The van der Waals surface area contributed by atoms with Crippen LogP contribution in [-0.2, 0) is 16.0 Å². The first-order valence-electron chi connectivity index (χ1n) is 9.24. The average molecular weight is 399 g/mol. The predicted octanol–water partition coefficient (Wildman–Crippen LogP) is 2.96. The van der Waals surface area contributed by atoms with Gasteiger partial charge in [-0.3, -0.25) is 14.9 Å². The second-order valence-corrected chi connectivity index (χ2v) is 6.92. The lowest BCUT2D eigenvalue weighted by molar-refractivity contribution is -0.384. The van der Waals surface area contributed by atoms with Crippen molar-refractivity contribution < 1.29 is 19.2 Å². The monoisotopic (exact) mass is 399 g/mol. The van der Waals surface area contributed by atoms with E-state index in [1.165, 1.54) is 17.7 Å². The van der Waals surface area contributed by atoms with Crippen molar-refractivity contribution in [2.24, 2.45) is 0 Å². The summed E-state index contributed by atoms with van der Waals surface area (Å²) in [5.41, 5.74) is 1.47. The molecule has 2 rings (SSSR count). The van der Waals surface area contributed by atoms with Crippen LogP contribution >= 0.6 is 0 Å². The maximum absolute atomic E-state index is 12.4. The number of carbonyl (C=O) groups is 2. The summed E-state index contributed by atoms with van der Waals surface area (Å²) in [6.45, 7) is 1.43. The number of nitrogens with one attached hydrogen (secondary N) is 1. The van der Waals surface area contributed by atoms with Gasteiger partial charge in [-0.2, -0.15) is 0 Å². The Morgan fingerprint density at radius 1 is 1.17 bits per heavy atom. The van der Waals surface area contributed by atoms with Crippen LogP contribution in [0.25, 0.3) is 0 Å². The van der Waals surface area contributed by atoms with Gasteiger partial charge in [0.05, 0.1) is 16.2 Å². The van der Waals surface area contributed by atoms with Crippen LogP contribution in [0.15, 0.2) is 48.5 Å². The zero-order chi connectivity index (χ0) is 21.4. The molecule has 0 fully saturated rings. The van der Waals surface area contributed by atoms with E-state index in [9.17, 15) is 19.7 Å². The fourth-order valence-corrected chi connectivity index (χ4v) is 2.82. The molecule has 2 aromatic carbocycles. The van der Waals surface area contributed by atoms with E-state index in [2.05, 4.69) is 5.32 Å². The summed E-state index contributed by atoms with van der Waals surface area (Å²) < 4.78 is 5.08. The molecule has 1 amide bonds. The fraction of sp³-hybridized carbons (Fsp3) is 0.333. The average Bonchev–Trinajstić information content (AvgIpc) is 2.70. The number of nitro benzene ring substituents is 1. The minimum atomic E-state index is -0.788. The van der Waals surface area contributed by atoms with E-state index >= 15 is 0 Å². The second kappa shape index (κ2) is 10.2. The second-order valence-electron chi connectivity index (χ2n) is 6.92. The number of aryl methyl sites for hydroxylation is 1. The molecular weight excluding hydrogens is 374 g/mol. The first kappa shape index (κ1) is 21.9. The van der Waals surface area contributed by atoms with E-state index in [0.29, 0.717) is 5.69 Å².